The van der Waals surface area contributed by atoms with Crippen molar-refractivity contribution >= 4 is 17.3 Å². The van der Waals surface area contributed by atoms with Crippen LogP contribution >= 0.6 is 11.3 Å². The number of rotatable bonds is 4. The highest BCUT2D eigenvalue weighted by Gasteiger charge is 2.21. The zero-order chi connectivity index (χ0) is 19.0. The van der Waals surface area contributed by atoms with Crippen LogP contribution in [-0.4, -0.2) is 32.8 Å². The molecule has 1 aromatic heterocycles. The monoisotopic (exact) mass is 380 g/mol. The van der Waals surface area contributed by atoms with Gasteiger partial charge >= 0.3 is 5.97 Å². The first-order valence-corrected chi connectivity index (χ1v) is 9.11. The molecule has 0 saturated heterocycles. The smallest absolute Gasteiger partial charge is 0.341 e. The van der Waals surface area contributed by atoms with Gasteiger partial charge in [-0.15, -0.1) is 11.3 Å². The van der Waals surface area contributed by atoms with E-state index in [-0.39, 0.29) is 11.1 Å². The molecule has 0 spiro atoms. The third-order valence-electron chi connectivity index (χ3n) is 4.18. The molecule has 2 aromatic rings. The van der Waals surface area contributed by atoms with Crippen LogP contribution in [0.5, 0.6) is 0 Å². The fourth-order valence-corrected chi connectivity index (χ4v) is 3.74. The lowest BCUT2D eigenvalue weighted by molar-refractivity contribution is 0.0600. The van der Waals surface area contributed by atoms with Gasteiger partial charge in [0.15, 0.2) is 0 Å². The Balaban J connectivity index is 1.73. The topological polar surface area (TPSA) is 89.9 Å². The van der Waals surface area contributed by atoms with E-state index >= 15 is 0 Å². The molecular weight excluding hydrogens is 364 g/mol. The number of benzene rings is 1. The minimum atomic E-state index is -0.534. The van der Waals surface area contributed by atoms with Crippen molar-refractivity contribution in [2.24, 2.45) is 0 Å². The summed E-state index contributed by atoms with van der Waals surface area (Å²) in [5, 5.41) is 9.30. The number of nitrogens with one attached hydrogen (secondary N) is 1. The third kappa shape index (κ3) is 3.26. The second-order valence-corrected chi connectivity index (χ2v) is 7.00. The first-order chi connectivity index (χ1) is 13.0. The van der Waals surface area contributed by atoms with Gasteiger partial charge in [-0.05, 0) is 18.6 Å². The van der Waals surface area contributed by atoms with Crippen molar-refractivity contribution in [1.82, 2.24) is 19.7 Å². The molecule has 7 nitrogen and oxygen atoms in total. The first-order valence-electron chi connectivity index (χ1n) is 8.23. The Morgan fingerprint density at radius 2 is 2.19 bits per heavy atom. The van der Waals surface area contributed by atoms with Gasteiger partial charge in [0.1, 0.15) is 16.3 Å². The number of carbonyl (C=O) groups excluding carboxylic acids is 1. The number of thiazole rings is 1. The molecule has 3 heterocycles. The number of fused-ring (bicyclic) bond motifs is 1. The van der Waals surface area contributed by atoms with Gasteiger partial charge in [0.2, 0.25) is 0 Å². The van der Waals surface area contributed by atoms with Crippen LogP contribution in [0.15, 0.2) is 46.8 Å². The Morgan fingerprint density at radius 1 is 1.33 bits per heavy atom. The average Bonchev–Trinajstić information content (AvgIpc) is 3.27. The standard InChI is InChI=1S/C19H16N4O3S/c1-11-10-27-18(20-11)13-5-3-4-12(6-13)7-23-8-14-16(21-22-17(14)24)15(9-23)19(25)26-2/h3-6,8-10H,7H2,1-2H3,(H,22,24). The summed E-state index contributed by atoms with van der Waals surface area (Å²) < 4.78 is 6.61. The van der Waals surface area contributed by atoms with Crippen molar-refractivity contribution in [2.45, 2.75) is 13.5 Å². The number of carbonyl (C=O) groups is 1. The van der Waals surface area contributed by atoms with Crippen LogP contribution in [0.4, 0.5) is 0 Å². The maximum Gasteiger partial charge on any atom is 0.341 e. The Kier molecular flexibility index (Phi) is 4.33. The number of hydrogen-bond donors (Lipinski definition) is 1. The molecule has 0 fully saturated rings. The molecule has 0 amide bonds. The van der Waals surface area contributed by atoms with Crippen molar-refractivity contribution in [2.75, 3.05) is 7.11 Å². The predicted octanol–water partition coefficient (Wildman–Crippen LogP) is 2.94. The molecule has 0 unspecified atom stereocenters. The zero-order valence-corrected chi connectivity index (χ0v) is 15.5. The third-order valence-corrected chi connectivity index (χ3v) is 5.19. The van der Waals surface area contributed by atoms with E-state index < -0.39 is 5.97 Å². The van der Waals surface area contributed by atoms with E-state index in [9.17, 15) is 9.59 Å². The molecule has 1 N–H and O–H groups in total. The van der Waals surface area contributed by atoms with Crippen molar-refractivity contribution in [3.8, 4) is 21.8 Å². The minimum absolute atomic E-state index is 0.250. The van der Waals surface area contributed by atoms with Crippen LogP contribution in [0.2, 0.25) is 0 Å². The van der Waals surface area contributed by atoms with Gasteiger partial charge in [-0.25, -0.2) is 14.9 Å². The van der Waals surface area contributed by atoms with E-state index in [0.717, 1.165) is 21.8 Å². The van der Waals surface area contributed by atoms with E-state index in [1.54, 1.807) is 28.3 Å². The summed E-state index contributed by atoms with van der Waals surface area (Å²) in [6.45, 7) is 2.46. The summed E-state index contributed by atoms with van der Waals surface area (Å²) in [5.41, 5.74) is 3.63. The predicted molar refractivity (Wildman–Crippen MR) is 102 cm³/mol. The molecule has 0 radical (unpaired) electrons. The second kappa shape index (κ2) is 6.81. The molecule has 4 rings (SSSR count). The van der Waals surface area contributed by atoms with E-state index in [2.05, 4.69) is 21.2 Å². The summed E-state index contributed by atoms with van der Waals surface area (Å²) in [5.74, 6) is -0.534. The van der Waals surface area contributed by atoms with E-state index in [1.165, 1.54) is 7.11 Å². The van der Waals surface area contributed by atoms with Gasteiger partial charge in [-0.1, -0.05) is 18.2 Å². The number of methoxy groups -OCH3 is 1. The molecule has 2 aliphatic rings. The fraction of sp³-hybridized carbons (Fsp3) is 0.158. The number of pyridine rings is 1. The normalized spacial score (nSPS) is 11.0. The van der Waals surface area contributed by atoms with Gasteiger partial charge in [-0.3, -0.25) is 4.79 Å². The number of hydrogen-bond acceptors (Lipinski definition) is 6. The highest BCUT2D eigenvalue weighted by molar-refractivity contribution is 7.13. The highest BCUT2D eigenvalue weighted by Crippen LogP contribution is 2.25. The summed E-state index contributed by atoms with van der Waals surface area (Å²) in [7, 11) is 1.30. The van der Waals surface area contributed by atoms with Crippen molar-refractivity contribution < 1.29 is 9.53 Å². The lowest BCUT2D eigenvalue weighted by Crippen LogP contribution is -2.12. The second-order valence-electron chi connectivity index (χ2n) is 6.15. The Labute approximate surface area is 158 Å². The quantitative estimate of drug-likeness (QED) is 0.550. The molecule has 0 atom stereocenters. The number of aromatic amines is 1. The summed E-state index contributed by atoms with van der Waals surface area (Å²) in [4.78, 5) is 28.6. The summed E-state index contributed by atoms with van der Waals surface area (Å²) in [6.07, 6.45) is 3.34. The van der Waals surface area contributed by atoms with Gasteiger partial charge in [-0.2, -0.15) is 5.10 Å². The average molecular weight is 380 g/mol. The fourth-order valence-electron chi connectivity index (χ4n) is 2.94. The highest BCUT2D eigenvalue weighted by atomic mass is 32.1. The Bertz CT molecular complexity index is 1160. The number of aromatic nitrogens is 4. The number of esters is 1. The van der Waals surface area contributed by atoms with Crippen molar-refractivity contribution in [1.29, 1.82) is 0 Å². The van der Waals surface area contributed by atoms with E-state index in [4.69, 9.17) is 4.74 Å². The lowest BCUT2D eigenvalue weighted by atomic mass is 10.1. The van der Waals surface area contributed by atoms with Crippen molar-refractivity contribution in [3.63, 3.8) is 0 Å². The Morgan fingerprint density at radius 3 is 2.93 bits per heavy atom. The molecule has 0 saturated carbocycles. The van der Waals surface area contributed by atoms with Gasteiger partial charge in [0, 0.05) is 35.6 Å². The zero-order valence-electron chi connectivity index (χ0n) is 14.7. The molecule has 136 valence electrons. The lowest BCUT2D eigenvalue weighted by Gasteiger charge is -2.12. The van der Waals surface area contributed by atoms with Crippen LogP contribution in [0.25, 0.3) is 21.8 Å². The van der Waals surface area contributed by atoms with Gasteiger partial charge < -0.3 is 9.30 Å². The molecule has 0 bridgehead atoms. The van der Waals surface area contributed by atoms with Crippen LogP contribution in [0.1, 0.15) is 21.6 Å². The maximum atomic E-state index is 12.1. The van der Waals surface area contributed by atoms with Crippen LogP contribution in [0.3, 0.4) is 0 Å². The Hall–Kier alpha value is -3.26. The van der Waals surface area contributed by atoms with Crippen LogP contribution in [-0.2, 0) is 11.3 Å². The largest absolute Gasteiger partial charge is 0.465 e. The number of H-pyrrole nitrogens is 1. The van der Waals surface area contributed by atoms with Crippen LogP contribution in [0, 0.1) is 6.92 Å². The maximum absolute atomic E-state index is 12.1. The molecular formula is C19H16N4O3S. The number of aryl methyl sites for hydroxylation is 1. The number of nitrogens with zero attached hydrogens (tertiary/aromatic N) is 3. The first kappa shape index (κ1) is 17.2. The molecule has 8 heteroatoms. The molecule has 2 aliphatic heterocycles. The van der Waals surface area contributed by atoms with Crippen LogP contribution < -0.4 is 5.56 Å². The van der Waals surface area contributed by atoms with E-state index in [1.807, 2.05) is 30.5 Å². The summed E-state index contributed by atoms with van der Waals surface area (Å²) in [6, 6.07) is 8.03. The SMILES string of the molecule is COC(=O)c1cn(Cc2cccc(-c3nc(C)cs3)c2)cc2c(=O)[nH]nc1-2. The van der Waals surface area contributed by atoms with Crippen molar-refractivity contribution in [3.05, 3.63) is 69.2 Å². The molecule has 0 aliphatic carbocycles. The number of ether oxygens (including phenoxy) is 1. The van der Waals surface area contributed by atoms with Gasteiger partial charge in [0.25, 0.3) is 5.56 Å². The van der Waals surface area contributed by atoms with E-state index in [0.29, 0.717) is 17.8 Å². The summed E-state index contributed by atoms with van der Waals surface area (Å²) >= 11 is 1.60. The van der Waals surface area contributed by atoms with Gasteiger partial charge in [0.05, 0.1) is 12.7 Å². The minimum Gasteiger partial charge on any atom is -0.465 e. The molecule has 27 heavy (non-hydrogen) atoms. The molecule has 1 aromatic carbocycles.